The van der Waals surface area contributed by atoms with E-state index in [4.69, 9.17) is 9.26 Å². The van der Waals surface area contributed by atoms with E-state index in [-0.39, 0.29) is 24.1 Å². The molecule has 9 heteroatoms. The van der Waals surface area contributed by atoms with E-state index in [0.717, 1.165) is 0 Å². The molecule has 150 valence electrons. The predicted octanol–water partition coefficient (Wildman–Crippen LogP) is 3.71. The summed E-state index contributed by atoms with van der Waals surface area (Å²) in [6.45, 7) is 2.04. The standard InChI is InChI=1S/C20H18FN3O4S/c1-2-27-17(25)9-12-11-29-19(22-12)23-18(26)20(7-8-20)16-10-15(28-24-16)13-5-3-4-6-14(13)21/h3-6,10-11H,2,7-9H2,1H3,(H,22,23,26). The van der Waals surface area contributed by atoms with Crippen LogP contribution in [0.5, 0.6) is 0 Å². The minimum absolute atomic E-state index is 0.0562. The number of hydrogen-bond donors (Lipinski definition) is 1. The molecule has 0 unspecified atom stereocenters. The van der Waals surface area contributed by atoms with Gasteiger partial charge in [-0.2, -0.15) is 0 Å². The fourth-order valence-electron chi connectivity index (χ4n) is 3.04. The lowest BCUT2D eigenvalue weighted by Crippen LogP contribution is -2.28. The van der Waals surface area contributed by atoms with Crippen LogP contribution in [0.25, 0.3) is 11.3 Å². The number of thiazole rings is 1. The molecular weight excluding hydrogens is 397 g/mol. The number of halogens is 1. The molecule has 1 amide bonds. The molecule has 2 heterocycles. The van der Waals surface area contributed by atoms with Gasteiger partial charge < -0.3 is 14.6 Å². The number of rotatable bonds is 7. The largest absolute Gasteiger partial charge is 0.466 e. The molecule has 1 aliphatic rings. The van der Waals surface area contributed by atoms with Crippen LogP contribution in [0.3, 0.4) is 0 Å². The van der Waals surface area contributed by atoms with Crippen LogP contribution in [0.2, 0.25) is 0 Å². The fraction of sp³-hybridized carbons (Fsp3) is 0.300. The van der Waals surface area contributed by atoms with Crippen molar-refractivity contribution in [2.45, 2.75) is 31.6 Å². The van der Waals surface area contributed by atoms with Gasteiger partial charge in [0.2, 0.25) is 5.91 Å². The number of nitrogens with zero attached hydrogens (tertiary/aromatic N) is 2. The first-order valence-electron chi connectivity index (χ1n) is 9.15. The number of carbonyl (C=O) groups excluding carboxylic acids is 2. The highest BCUT2D eigenvalue weighted by Crippen LogP contribution is 2.49. The van der Waals surface area contributed by atoms with Crippen molar-refractivity contribution in [2.75, 3.05) is 11.9 Å². The van der Waals surface area contributed by atoms with Crippen molar-refractivity contribution in [2.24, 2.45) is 0 Å². The second kappa shape index (κ2) is 7.75. The van der Waals surface area contributed by atoms with Gasteiger partial charge >= 0.3 is 5.97 Å². The summed E-state index contributed by atoms with van der Waals surface area (Å²) in [4.78, 5) is 28.7. The molecule has 0 atom stereocenters. The first-order chi connectivity index (χ1) is 14.0. The normalized spacial score (nSPS) is 14.4. The zero-order valence-corrected chi connectivity index (χ0v) is 16.4. The van der Waals surface area contributed by atoms with E-state index in [1.54, 1.807) is 36.6 Å². The molecule has 1 fully saturated rings. The van der Waals surface area contributed by atoms with Crippen LogP contribution >= 0.6 is 11.3 Å². The van der Waals surface area contributed by atoms with E-state index in [9.17, 15) is 14.0 Å². The Hall–Kier alpha value is -3.07. The van der Waals surface area contributed by atoms with E-state index in [0.29, 0.717) is 41.5 Å². The Balaban J connectivity index is 1.46. The molecule has 0 saturated heterocycles. The highest BCUT2D eigenvalue weighted by atomic mass is 32.1. The molecule has 0 radical (unpaired) electrons. The Morgan fingerprint density at radius 2 is 2.14 bits per heavy atom. The van der Waals surface area contributed by atoms with E-state index < -0.39 is 11.2 Å². The zero-order valence-electron chi connectivity index (χ0n) is 15.6. The highest BCUT2D eigenvalue weighted by molar-refractivity contribution is 7.14. The van der Waals surface area contributed by atoms with Crippen molar-refractivity contribution in [1.82, 2.24) is 10.1 Å². The average Bonchev–Trinajstić information content (AvgIpc) is 3.15. The van der Waals surface area contributed by atoms with E-state index in [1.807, 2.05) is 0 Å². The Labute approximate surface area is 169 Å². The van der Waals surface area contributed by atoms with Gasteiger partial charge in [-0.1, -0.05) is 17.3 Å². The molecule has 1 N–H and O–H groups in total. The fourth-order valence-corrected chi connectivity index (χ4v) is 3.74. The van der Waals surface area contributed by atoms with E-state index in [1.165, 1.54) is 17.4 Å². The van der Waals surface area contributed by atoms with Crippen LogP contribution in [0.4, 0.5) is 9.52 Å². The van der Waals surface area contributed by atoms with Gasteiger partial charge in [0.15, 0.2) is 10.9 Å². The van der Waals surface area contributed by atoms with Crippen LogP contribution in [-0.2, 0) is 26.2 Å². The number of benzene rings is 1. The number of amides is 1. The van der Waals surface area contributed by atoms with Crippen LogP contribution in [0.15, 0.2) is 40.2 Å². The Bertz CT molecular complexity index is 1060. The molecule has 0 bridgehead atoms. The third kappa shape index (κ3) is 3.91. The van der Waals surface area contributed by atoms with Gasteiger partial charge in [0, 0.05) is 11.4 Å². The van der Waals surface area contributed by atoms with Crippen molar-refractivity contribution in [3.05, 3.63) is 52.9 Å². The van der Waals surface area contributed by atoms with E-state index in [2.05, 4.69) is 15.5 Å². The second-order valence-electron chi connectivity index (χ2n) is 6.72. The van der Waals surface area contributed by atoms with Gasteiger partial charge in [-0.05, 0) is 31.9 Å². The highest BCUT2D eigenvalue weighted by Gasteiger charge is 2.54. The number of anilines is 1. The lowest BCUT2D eigenvalue weighted by molar-refractivity contribution is -0.142. The maximum atomic E-state index is 14.0. The minimum atomic E-state index is -0.806. The van der Waals surface area contributed by atoms with Crippen molar-refractivity contribution < 1.29 is 23.2 Å². The number of hydrogen-bond acceptors (Lipinski definition) is 7. The van der Waals surface area contributed by atoms with Gasteiger partial charge in [0.1, 0.15) is 5.82 Å². The third-order valence-corrected chi connectivity index (χ3v) is 5.53. The number of esters is 1. The summed E-state index contributed by atoms with van der Waals surface area (Å²) in [6, 6.07) is 7.85. The first-order valence-corrected chi connectivity index (χ1v) is 10.0. The quantitative estimate of drug-likeness (QED) is 0.591. The molecule has 1 aliphatic carbocycles. The SMILES string of the molecule is CCOC(=O)Cc1csc(NC(=O)C2(c3cc(-c4ccccc4F)on3)CC2)n1. The second-order valence-corrected chi connectivity index (χ2v) is 7.58. The molecule has 1 aromatic carbocycles. The Kier molecular flexibility index (Phi) is 5.14. The summed E-state index contributed by atoms with van der Waals surface area (Å²) in [7, 11) is 0. The average molecular weight is 415 g/mol. The van der Waals surface area contributed by atoms with Crippen LogP contribution in [0.1, 0.15) is 31.2 Å². The molecule has 3 aromatic rings. The number of ether oxygens (including phenoxy) is 1. The molecule has 2 aromatic heterocycles. The maximum absolute atomic E-state index is 14.0. The minimum Gasteiger partial charge on any atom is -0.466 e. The predicted molar refractivity (Wildman–Crippen MR) is 104 cm³/mol. The first kappa shape index (κ1) is 19.3. The van der Waals surface area contributed by atoms with Gasteiger partial charge in [-0.15, -0.1) is 11.3 Å². The van der Waals surface area contributed by atoms with Gasteiger partial charge in [0.05, 0.1) is 35.4 Å². The lowest BCUT2D eigenvalue weighted by atomic mass is 10.0. The summed E-state index contributed by atoms with van der Waals surface area (Å²) < 4.78 is 24.2. The summed E-state index contributed by atoms with van der Waals surface area (Å²) >= 11 is 1.24. The molecular formula is C20H18FN3O4S. The van der Waals surface area contributed by atoms with Crippen LogP contribution in [0, 0.1) is 5.82 Å². The van der Waals surface area contributed by atoms with Crippen LogP contribution in [-0.4, -0.2) is 28.6 Å². The number of nitrogens with one attached hydrogen (secondary N) is 1. The van der Waals surface area contributed by atoms with Crippen molar-refractivity contribution in [1.29, 1.82) is 0 Å². The summed E-state index contributed by atoms with van der Waals surface area (Å²) in [5, 5.41) is 8.91. The lowest BCUT2D eigenvalue weighted by Gasteiger charge is -2.10. The smallest absolute Gasteiger partial charge is 0.311 e. The summed E-state index contributed by atoms with van der Waals surface area (Å²) in [5.74, 6) is -0.745. The van der Waals surface area contributed by atoms with Crippen LogP contribution < -0.4 is 5.32 Å². The molecule has 4 rings (SSSR count). The number of carbonyl (C=O) groups is 2. The number of aromatic nitrogens is 2. The maximum Gasteiger partial charge on any atom is 0.311 e. The topological polar surface area (TPSA) is 94.3 Å². The molecule has 29 heavy (non-hydrogen) atoms. The Morgan fingerprint density at radius 1 is 1.34 bits per heavy atom. The van der Waals surface area contributed by atoms with Gasteiger partial charge in [-0.25, -0.2) is 9.37 Å². The molecule has 0 spiro atoms. The van der Waals surface area contributed by atoms with Gasteiger partial charge in [-0.3, -0.25) is 9.59 Å². The monoisotopic (exact) mass is 415 g/mol. The van der Waals surface area contributed by atoms with E-state index >= 15 is 0 Å². The van der Waals surface area contributed by atoms with Gasteiger partial charge in [0.25, 0.3) is 0 Å². The molecule has 7 nitrogen and oxygen atoms in total. The third-order valence-electron chi connectivity index (χ3n) is 4.73. The summed E-state index contributed by atoms with van der Waals surface area (Å²) in [6.07, 6.45) is 1.28. The Morgan fingerprint density at radius 3 is 2.86 bits per heavy atom. The van der Waals surface area contributed by atoms with Crippen molar-refractivity contribution in [3.63, 3.8) is 0 Å². The van der Waals surface area contributed by atoms with Crippen molar-refractivity contribution in [3.8, 4) is 11.3 Å². The summed E-state index contributed by atoms with van der Waals surface area (Å²) in [5.41, 5.74) is 0.499. The molecule has 1 saturated carbocycles. The van der Waals surface area contributed by atoms with Crippen molar-refractivity contribution >= 4 is 28.3 Å². The zero-order chi connectivity index (χ0) is 20.4. The molecule has 0 aliphatic heterocycles.